The van der Waals surface area contributed by atoms with E-state index in [2.05, 4.69) is 0 Å². The van der Waals surface area contributed by atoms with Crippen molar-refractivity contribution in [2.24, 2.45) is 11.8 Å². The number of benzene rings is 1. The van der Waals surface area contributed by atoms with Gasteiger partial charge < -0.3 is 14.9 Å². The van der Waals surface area contributed by atoms with Gasteiger partial charge in [0, 0.05) is 12.5 Å². The first kappa shape index (κ1) is 18.8. The SMILES string of the molecule is OCC[C@H]1CC[C@@H](O)C1/C=C/CCOc1cccc(C(F)(F)F)c1. The van der Waals surface area contributed by atoms with Crippen molar-refractivity contribution in [3.05, 3.63) is 42.0 Å². The number of aliphatic hydroxyl groups is 2. The van der Waals surface area contributed by atoms with Crippen molar-refractivity contribution in [2.45, 2.75) is 38.0 Å². The summed E-state index contributed by atoms with van der Waals surface area (Å²) in [5, 5.41) is 19.0. The Labute approximate surface area is 139 Å². The number of aliphatic hydroxyl groups excluding tert-OH is 2. The van der Waals surface area contributed by atoms with Gasteiger partial charge in [-0.3, -0.25) is 0 Å². The number of ether oxygens (including phenoxy) is 1. The van der Waals surface area contributed by atoms with Gasteiger partial charge in [-0.25, -0.2) is 0 Å². The fourth-order valence-electron chi connectivity index (χ4n) is 3.13. The fourth-order valence-corrected chi connectivity index (χ4v) is 3.13. The zero-order valence-corrected chi connectivity index (χ0v) is 13.4. The molecule has 0 aromatic heterocycles. The molecule has 0 heterocycles. The first-order chi connectivity index (χ1) is 11.4. The van der Waals surface area contributed by atoms with Crippen molar-refractivity contribution in [2.75, 3.05) is 13.2 Å². The van der Waals surface area contributed by atoms with E-state index in [1.807, 2.05) is 12.2 Å². The molecule has 6 heteroatoms. The summed E-state index contributed by atoms with van der Waals surface area (Å²) in [4.78, 5) is 0. The van der Waals surface area contributed by atoms with Crippen molar-refractivity contribution in [1.82, 2.24) is 0 Å². The second-order valence-electron chi connectivity index (χ2n) is 6.09. The Kier molecular flexibility index (Phi) is 6.69. The predicted octanol–water partition coefficient (Wildman–Crippen LogP) is 3.80. The standard InChI is InChI=1S/C18H23F3O3/c19-18(20,21)14-4-3-5-15(12-14)24-11-2-1-6-16-13(9-10-22)7-8-17(16)23/h1,3-6,12-13,16-17,22-23H,2,7-11H2/b6-1+/t13-,16?,17-/m1/s1. The van der Waals surface area contributed by atoms with Crippen LogP contribution in [0.2, 0.25) is 0 Å². The highest BCUT2D eigenvalue weighted by Crippen LogP contribution is 2.35. The quantitative estimate of drug-likeness (QED) is 0.584. The average molecular weight is 344 g/mol. The maximum Gasteiger partial charge on any atom is 0.416 e. The van der Waals surface area contributed by atoms with E-state index >= 15 is 0 Å². The molecule has 1 aromatic rings. The van der Waals surface area contributed by atoms with Crippen molar-refractivity contribution in [3.63, 3.8) is 0 Å². The van der Waals surface area contributed by atoms with Crippen LogP contribution >= 0.6 is 0 Å². The van der Waals surface area contributed by atoms with E-state index in [9.17, 15) is 18.3 Å². The summed E-state index contributed by atoms with van der Waals surface area (Å²) in [6.07, 6.45) is 1.92. The topological polar surface area (TPSA) is 49.7 Å². The zero-order chi connectivity index (χ0) is 17.6. The first-order valence-electron chi connectivity index (χ1n) is 8.17. The lowest BCUT2D eigenvalue weighted by atomic mass is 9.91. The minimum atomic E-state index is -4.38. The molecule has 0 amide bonds. The van der Waals surface area contributed by atoms with Gasteiger partial charge in [0.1, 0.15) is 5.75 Å². The first-order valence-corrected chi connectivity index (χ1v) is 8.17. The maximum absolute atomic E-state index is 12.6. The number of alkyl halides is 3. The molecule has 2 N–H and O–H groups in total. The monoisotopic (exact) mass is 344 g/mol. The molecule has 1 fully saturated rings. The molecule has 1 aliphatic carbocycles. The largest absolute Gasteiger partial charge is 0.493 e. The molecule has 1 saturated carbocycles. The molecule has 0 aliphatic heterocycles. The normalized spacial score (nSPS) is 24.6. The minimum absolute atomic E-state index is 0.0331. The molecule has 24 heavy (non-hydrogen) atoms. The van der Waals surface area contributed by atoms with Crippen LogP contribution in [0.3, 0.4) is 0 Å². The highest BCUT2D eigenvalue weighted by molar-refractivity contribution is 5.30. The van der Waals surface area contributed by atoms with E-state index in [0.29, 0.717) is 12.8 Å². The van der Waals surface area contributed by atoms with Crippen molar-refractivity contribution >= 4 is 0 Å². The van der Waals surface area contributed by atoms with Gasteiger partial charge in [-0.2, -0.15) is 13.2 Å². The van der Waals surface area contributed by atoms with Crippen molar-refractivity contribution < 1.29 is 28.1 Å². The van der Waals surface area contributed by atoms with Crippen LogP contribution in [0.5, 0.6) is 5.75 Å². The summed E-state index contributed by atoms with van der Waals surface area (Å²) in [6.45, 7) is 0.381. The lowest BCUT2D eigenvalue weighted by Crippen LogP contribution is -2.17. The molecule has 0 radical (unpaired) electrons. The van der Waals surface area contributed by atoms with Gasteiger partial charge in [0.25, 0.3) is 0 Å². The van der Waals surface area contributed by atoms with Gasteiger partial charge in [0.05, 0.1) is 18.3 Å². The van der Waals surface area contributed by atoms with Crippen LogP contribution in [0.25, 0.3) is 0 Å². The third kappa shape index (κ3) is 5.24. The molecule has 0 bridgehead atoms. The summed E-state index contributed by atoms with van der Waals surface area (Å²) in [5.74, 6) is 0.508. The second kappa shape index (κ2) is 8.53. The van der Waals surface area contributed by atoms with E-state index in [1.165, 1.54) is 12.1 Å². The van der Waals surface area contributed by atoms with Gasteiger partial charge in [-0.05, 0) is 49.8 Å². The van der Waals surface area contributed by atoms with Gasteiger partial charge in [-0.15, -0.1) is 0 Å². The van der Waals surface area contributed by atoms with E-state index in [-0.39, 0.29) is 36.9 Å². The van der Waals surface area contributed by atoms with Crippen LogP contribution in [-0.4, -0.2) is 29.5 Å². The Bertz CT molecular complexity index is 541. The third-order valence-electron chi connectivity index (χ3n) is 4.39. The van der Waals surface area contributed by atoms with E-state index < -0.39 is 11.7 Å². The van der Waals surface area contributed by atoms with Gasteiger partial charge in [-0.1, -0.05) is 18.2 Å². The van der Waals surface area contributed by atoms with Crippen LogP contribution in [0.4, 0.5) is 13.2 Å². The summed E-state index contributed by atoms with van der Waals surface area (Å²) in [5.41, 5.74) is -0.725. The number of hydrogen-bond acceptors (Lipinski definition) is 3. The highest BCUT2D eigenvalue weighted by atomic mass is 19.4. The lowest BCUT2D eigenvalue weighted by molar-refractivity contribution is -0.137. The Balaban J connectivity index is 1.80. The van der Waals surface area contributed by atoms with Gasteiger partial charge in [0.2, 0.25) is 0 Å². The van der Waals surface area contributed by atoms with Crippen LogP contribution in [0, 0.1) is 11.8 Å². The molecule has 2 rings (SSSR count). The number of halogens is 3. The van der Waals surface area contributed by atoms with E-state index in [4.69, 9.17) is 9.84 Å². The molecule has 134 valence electrons. The van der Waals surface area contributed by atoms with Crippen molar-refractivity contribution in [3.8, 4) is 5.75 Å². The fraction of sp³-hybridized carbons (Fsp3) is 0.556. The molecule has 0 saturated heterocycles. The third-order valence-corrected chi connectivity index (χ3v) is 4.39. The Morgan fingerprint density at radius 2 is 2.04 bits per heavy atom. The minimum Gasteiger partial charge on any atom is -0.493 e. The Morgan fingerprint density at radius 3 is 2.75 bits per heavy atom. The molecule has 3 atom stereocenters. The van der Waals surface area contributed by atoms with Crippen molar-refractivity contribution in [1.29, 1.82) is 0 Å². The molecular formula is C18H23F3O3. The lowest BCUT2D eigenvalue weighted by Gasteiger charge is -2.17. The second-order valence-corrected chi connectivity index (χ2v) is 6.09. The summed E-state index contributed by atoms with van der Waals surface area (Å²) >= 11 is 0. The molecular weight excluding hydrogens is 321 g/mol. The van der Waals surface area contributed by atoms with Crippen LogP contribution in [-0.2, 0) is 6.18 Å². The molecule has 1 aromatic carbocycles. The van der Waals surface area contributed by atoms with Crippen LogP contribution in [0.15, 0.2) is 36.4 Å². The van der Waals surface area contributed by atoms with E-state index in [0.717, 1.165) is 25.0 Å². The van der Waals surface area contributed by atoms with Gasteiger partial charge in [0.15, 0.2) is 0 Å². The number of rotatable bonds is 7. The predicted molar refractivity (Wildman–Crippen MR) is 84.6 cm³/mol. The zero-order valence-electron chi connectivity index (χ0n) is 13.4. The molecule has 3 nitrogen and oxygen atoms in total. The van der Waals surface area contributed by atoms with Crippen LogP contribution < -0.4 is 4.74 Å². The summed E-state index contributed by atoms with van der Waals surface area (Å²) in [6, 6.07) is 4.82. The van der Waals surface area contributed by atoms with E-state index in [1.54, 1.807) is 0 Å². The maximum atomic E-state index is 12.6. The summed E-state index contributed by atoms with van der Waals surface area (Å²) in [7, 11) is 0. The average Bonchev–Trinajstić information content (AvgIpc) is 2.87. The highest BCUT2D eigenvalue weighted by Gasteiger charge is 2.32. The Hall–Kier alpha value is -1.53. The molecule has 1 unspecified atom stereocenters. The smallest absolute Gasteiger partial charge is 0.416 e. The summed E-state index contributed by atoms with van der Waals surface area (Å²) < 4.78 is 43.2. The molecule has 1 aliphatic rings. The van der Waals surface area contributed by atoms with Crippen LogP contribution in [0.1, 0.15) is 31.2 Å². The molecule has 0 spiro atoms. The van der Waals surface area contributed by atoms with Gasteiger partial charge >= 0.3 is 6.18 Å². The number of hydrogen-bond donors (Lipinski definition) is 2. The Morgan fingerprint density at radius 1 is 1.25 bits per heavy atom.